The van der Waals surface area contributed by atoms with Crippen LogP contribution in [0.5, 0.6) is 0 Å². The van der Waals surface area contributed by atoms with E-state index < -0.39 is 0 Å². The van der Waals surface area contributed by atoms with Gasteiger partial charge in [0.25, 0.3) is 0 Å². The molecule has 0 saturated heterocycles. The molecule has 0 rings (SSSR count). The molecule has 0 aliphatic carbocycles. The molecule has 136 valence electrons. The van der Waals surface area contributed by atoms with Crippen LogP contribution >= 0.6 is 0 Å². The van der Waals surface area contributed by atoms with Gasteiger partial charge in [0.1, 0.15) is 0 Å². The minimum absolute atomic E-state index is 0.403. The number of unbranched alkanes of at least 4 members (excludes halogenated alkanes) is 5. The fourth-order valence-electron chi connectivity index (χ4n) is 2.04. The summed E-state index contributed by atoms with van der Waals surface area (Å²) < 4.78 is 0. The lowest BCUT2D eigenvalue weighted by Gasteiger charge is -1.95. The van der Waals surface area contributed by atoms with Gasteiger partial charge in [-0.1, -0.05) is 68.4 Å². The summed E-state index contributed by atoms with van der Waals surface area (Å²) in [5, 5.41) is 2.15. The number of rotatable bonds is 17. The highest BCUT2D eigenvalue weighted by atomic mass is 17.3. The maximum absolute atomic E-state index is 9.57. The molecule has 4 heteroatoms. The maximum Gasteiger partial charge on any atom is 0.190 e. The predicted molar refractivity (Wildman–Crippen MR) is 101 cm³/mol. The van der Waals surface area contributed by atoms with Gasteiger partial charge in [-0.25, -0.2) is 0 Å². The average molecular weight is 335 g/mol. The van der Waals surface area contributed by atoms with E-state index in [4.69, 9.17) is 0 Å². The summed E-state index contributed by atoms with van der Waals surface area (Å²) in [4.78, 5) is 18.0. The SMILES string of the molecule is CCCCC/C=C\C/C=C\C/C=C\C/C=C\CCCCOON=O. The summed E-state index contributed by atoms with van der Waals surface area (Å²) in [6, 6.07) is 0. The molecule has 24 heavy (non-hydrogen) atoms. The molecule has 0 amide bonds. The quantitative estimate of drug-likeness (QED) is 0.0969. The first-order valence-corrected chi connectivity index (χ1v) is 9.13. The van der Waals surface area contributed by atoms with Gasteiger partial charge in [-0.15, -0.1) is 4.91 Å². The van der Waals surface area contributed by atoms with Crippen molar-refractivity contribution in [2.75, 3.05) is 6.61 Å². The van der Waals surface area contributed by atoms with Gasteiger partial charge in [0, 0.05) is 0 Å². The van der Waals surface area contributed by atoms with Crippen molar-refractivity contribution in [1.29, 1.82) is 0 Å². The molecular formula is C20H33NO3. The summed E-state index contributed by atoms with van der Waals surface area (Å²) in [6.45, 7) is 2.64. The van der Waals surface area contributed by atoms with E-state index in [1.54, 1.807) is 0 Å². The van der Waals surface area contributed by atoms with Crippen LogP contribution in [0.25, 0.3) is 0 Å². The molecule has 0 fully saturated rings. The Morgan fingerprint density at radius 2 is 1.21 bits per heavy atom. The van der Waals surface area contributed by atoms with E-state index >= 15 is 0 Å². The summed E-state index contributed by atoms with van der Waals surface area (Å²) in [6.07, 6.45) is 28.8. The molecule has 0 radical (unpaired) electrons. The maximum atomic E-state index is 9.57. The average Bonchev–Trinajstić information content (AvgIpc) is 2.60. The van der Waals surface area contributed by atoms with Gasteiger partial charge < -0.3 is 0 Å². The Kier molecular flexibility index (Phi) is 19.8. The Bertz CT molecular complexity index is 373. The van der Waals surface area contributed by atoms with Gasteiger partial charge in [-0.2, -0.15) is 9.88 Å². The van der Waals surface area contributed by atoms with E-state index in [0.717, 1.165) is 38.5 Å². The normalized spacial score (nSPS) is 12.2. The summed E-state index contributed by atoms with van der Waals surface area (Å²) in [7, 11) is 0. The van der Waals surface area contributed by atoms with Gasteiger partial charge in [-0.3, -0.25) is 0 Å². The smallest absolute Gasteiger partial charge is 0.181 e. The molecule has 0 aliphatic heterocycles. The molecule has 4 nitrogen and oxygen atoms in total. The van der Waals surface area contributed by atoms with E-state index in [2.05, 4.69) is 70.7 Å². The number of allylic oxidation sites excluding steroid dienone is 8. The van der Waals surface area contributed by atoms with Crippen molar-refractivity contribution >= 4 is 0 Å². The Morgan fingerprint density at radius 1 is 0.708 bits per heavy atom. The van der Waals surface area contributed by atoms with Crippen LogP contribution in [-0.2, 0) is 9.88 Å². The second-order valence-corrected chi connectivity index (χ2v) is 5.56. The molecule has 0 aromatic rings. The molecular weight excluding hydrogens is 302 g/mol. The van der Waals surface area contributed by atoms with Crippen LogP contribution in [0, 0.1) is 4.91 Å². The summed E-state index contributed by atoms with van der Waals surface area (Å²) in [5.41, 5.74) is 0. The minimum atomic E-state index is 0.403. The van der Waals surface area contributed by atoms with Crippen molar-refractivity contribution in [2.45, 2.75) is 71.1 Å². The van der Waals surface area contributed by atoms with Crippen molar-refractivity contribution in [1.82, 2.24) is 0 Å². The first-order chi connectivity index (χ1) is 11.9. The van der Waals surface area contributed by atoms with E-state index in [9.17, 15) is 4.91 Å². The van der Waals surface area contributed by atoms with Crippen molar-refractivity contribution in [2.24, 2.45) is 5.34 Å². The first-order valence-electron chi connectivity index (χ1n) is 9.13. The number of hydrogen-bond acceptors (Lipinski definition) is 4. The molecule has 0 bridgehead atoms. The molecule has 0 aliphatic rings. The lowest BCUT2D eigenvalue weighted by atomic mass is 10.2. The van der Waals surface area contributed by atoms with Gasteiger partial charge in [-0.05, 0) is 51.4 Å². The zero-order valence-corrected chi connectivity index (χ0v) is 15.1. The molecule has 0 aromatic carbocycles. The lowest BCUT2D eigenvalue weighted by Crippen LogP contribution is -1.90. The number of hydrogen-bond donors (Lipinski definition) is 0. The van der Waals surface area contributed by atoms with Crippen LogP contribution in [0.15, 0.2) is 53.9 Å². The fraction of sp³-hybridized carbons (Fsp3) is 0.600. The molecule has 0 atom stereocenters. The Hall–Kier alpha value is -1.68. The van der Waals surface area contributed by atoms with Crippen LogP contribution in [0.2, 0.25) is 0 Å². The Labute approximate surface area is 147 Å². The third-order valence-corrected chi connectivity index (χ3v) is 3.39. The third kappa shape index (κ3) is 20.3. The first kappa shape index (κ1) is 22.3. The van der Waals surface area contributed by atoms with Crippen molar-refractivity contribution < 1.29 is 9.88 Å². The van der Waals surface area contributed by atoms with Crippen molar-refractivity contribution in [3.05, 3.63) is 53.5 Å². The lowest BCUT2D eigenvalue weighted by molar-refractivity contribution is -0.297. The highest BCUT2D eigenvalue weighted by Gasteiger charge is 1.88. The van der Waals surface area contributed by atoms with E-state index in [1.165, 1.54) is 25.7 Å². The van der Waals surface area contributed by atoms with Crippen molar-refractivity contribution in [3.63, 3.8) is 0 Å². The predicted octanol–water partition coefficient (Wildman–Crippen LogP) is 6.76. The van der Waals surface area contributed by atoms with E-state index in [-0.39, 0.29) is 0 Å². The third-order valence-electron chi connectivity index (χ3n) is 3.39. The zero-order valence-electron chi connectivity index (χ0n) is 15.1. The standard InChI is InChI=1S/C20H33NO3/c1-2-3-4-5-6-7-8-9-10-11-12-13-14-15-16-17-18-19-20-23-24-21-22/h6-7,9-10,12-13,15-16H,2-5,8,11,14,17-20H2,1H3/b7-6-,10-9-,13-12-,16-15-. The molecule has 0 N–H and O–H groups in total. The second kappa shape index (κ2) is 21.3. The molecule has 0 aromatic heterocycles. The van der Waals surface area contributed by atoms with Crippen LogP contribution in [0.4, 0.5) is 0 Å². The molecule has 0 unspecified atom stereocenters. The van der Waals surface area contributed by atoms with E-state index in [0.29, 0.717) is 6.61 Å². The molecule has 0 saturated carbocycles. The second-order valence-electron chi connectivity index (χ2n) is 5.56. The van der Waals surface area contributed by atoms with E-state index in [1.807, 2.05) is 0 Å². The van der Waals surface area contributed by atoms with Gasteiger partial charge in [0.2, 0.25) is 0 Å². The molecule has 0 heterocycles. The highest BCUT2D eigenvalue weighted by molar-refractivity contribution is 4.99. The largest absolute Gasteiger partial charge is 0.190 e. The Morgan fingerprint density at radius 3 is 1.71 bits per heavy atom. The summed E-state index contributed by atoms with van der Waals surface area (Å²) >= 11 is 0. The minimum Gasteiger partial charge on any atom is -0.181 e. The van der Waals surface area contributed by atoms with Gasteiger partial charge >= 0.3 is 0 Å². The topological polar surface area (TPSA) is 47.9 Å². The Balaban J connectivity index is 3.34. The van der Waals surface area contributed by atoms with Crippen LogP contribution in [-0.4, -0.2) is 6.61 Å². The highest BCUT2D eigenvalue weighted by Crippen LogP contribution is 2.01. The van der Waals surface area contributed by atoms with Crippen molar-refractivity contribution in [3.8, 4) is 0 Å². The van der Waals surface area contributed by atoms with Crippen LogP contribution in [0.1, 0.15) is 71.1 Å². The van der Waals surface area contributed by atoms with Gasteiger partial charge in [0.05, 0.1) is 6.61 Å². The zero-order chi connectivity index (χ0) is 17.6. The summed E-state index contributed by atoms with van der Waals surface area (Å²) in [5.74, 6) is 0. The fourth-order valence-corrected chi connectivity index (χ4v) is 2.04. The van der Waals surface area contributed by atoms with Crippen LogP contribution in [0.3, 0.4) is 0 Å². The number of nitrogens with zero attached hydrogens (tertiary/aromatic N) is 1. The molecule has 0 spiro atoms. The monoisotopic (exact) mass is 335 g/mol. The van der Waals surface area contributed by atoms with Crippen LogP contribution < -0.4 is 0 Å². The van der Waals surface area contributed by atoms with Gasteiger partial charge in [0.15, 0.2) is 5.34 Å².